The van der Waals surface area contributed by atoms with E-state index in [-0.39, 0.29) is 0 Å². The maximum atomic E-state index is 3.50. The topological polar surface area (TPSA) is 18.5 Å². The lowest BCUT2D eigenvalue weighted by Crippen LogP contribution is -2.48. The fourth-order valence-corrected chi connectivity index (χ4v) is 5.18. The molecule has 0 aromatic heterocycles. The molecule has 0 aromatic carbocycles. The quantitative estimate of drug-likeness (QED) is 0.861. The van der Waals surface area contributed by atoms with Crippen LogP contribution in [0, 0.1) is 17.3 Å². The first kappa shape index (κ1) is 17.7. The van der Waals surface area contributed by atoms with E-state index < -0.39 is 0 Å². The van der Waals surface area contributed by atoms with Crippen molar-refractivity contribution >= 4 is 0 Å². The van der Waals surface area contributed by atoms with Crippen molar-refractivity contribution in [3.63, 3.8) is 0 Å². The second-order valence-corrected chi connectivity index (χ2v) is 9.53. The number of hydrogen-bond donors (Lipinski definition) is 1. The molecule has 3 heteroatoms. The van der Waals surface area contributed by atoms with Gasteiger partial charge >= 0.3 is 0 Å². The van der Waals surface area contributed by atoms with Gasteiger partial charge in [-0.25, -0.2) is 0 Å². The molecule has 3 rings (SSSR count). The summed E-state index contributed by atoms with van der Waals surface area (Å²) in [6.45, 7) is 16.3. The Morgan fingerprint density at radius 1 is 0.783 bits per heavy atom. The lowest BCUT2D eigenvalue weighted by molar-refractivity contribution is 0.0603. The predicted octanol–water partition coefficient (Wildman–Crippen LogP) is 3.21. The van der Waals surface area contributed by atoms with Crippen LogP contribution in [0.15, 0.2) is 0 Å². The number of piperidine rings is 3. The Bertz CT molecular complexity index is 340. The van der Waals surface area contributed by atoms with E-state index in [9.17, 15) is 0 Å². The van der Waals surface area contributed by atoms with Gasteiger partial charge in [0.05, 0.1) is 0 Å². The smallest absolute Gasteiger partial charge is 0.0119 e. The zero-order valence-corrected chi connectivity index (χ0v) is 15.8. The molecular weight excluding hydrogens is 282 g/mol. The molecule has 134 valence electrons. The summed E-state index contributed by atoms with van der Waals surface area (Å²) in [5, 5.41) is 3.50. The fourth-order valence-electron chi connectivity index (χ4n) is 5.18. The molecule has 0 spiro atoms. The van der Waals surface area contributed by atoms with Crippen LogP contribution in [-0.4, -0.2) is 61.7 Å². The molecule has 3 heterocycles. The van der Waals surface area contributed by atoms with Crippen molar-refractivity contribution in [3.05, 3.63) is 0 Å². The van der Waals surface area contributed by atoms with E-state index >= 15 is 0 Å². The molecule has 3 nitrogen and oxygen atoms in total. The molecule has 0 unspecified atom stereocenters. The zero-order valence-electron chi connectivity index (χ0n) is 15.8. The lowest BCUT2D eigenvalue weighted by Gasteiger charge is -2.44. The number of likely N-dealkylation sites (tertiary alicyclic amines) is 2. The molecule has 0 amide bonds. The summed E-state index contributed by atoms with van der Waals surface area (Å²) in [5.74, 6) is 2.03. The third-order valence-corrected chi connectivity index (χ3v) is 6.40. The van der Waals surface area contributed by atoms with E-state index in [2.05, 4.69) is 35.9 Å². The first-order valence-corrected chi connectivity index (χ1v) is 10.2. The van der Waals surface area contributed by atoms with Gasteiger partial charge in [-0.1, -0.05) is 20.8 Å². The molecule has 0 aliphatic carbocycles. The van der Waals surface area contributed by atoms with E-state index in [1.807, 2.05) is 0 Å². The Morgan fingerprint density at radius 2 is 1.30 bits per heavy atom. The Labute approximate surface area is 144 Å². The molecule has 3 saturated heterocycles. The van der Waals surface area contributed by atoms with Crippen molar-refractivity contribution in [2.45, 2.75) is 65.3 Å². The van der Waals surface area contributed by atoms with Gasteiger partial charge in [-0.3, -0.25) is 0 Å². The summed E-state index contributed by atoms with van der Waals surface area (Å²) in [4.78, 5) is 5.52. The molecule has 3 aliphatic rings. The van der Waals surface area contributed by atoms with Gasteiger partial charge in [0.15, 0.2) is 0 Å². The molecule has 0 bridgehead atoms. The molecule has 3 aliphatic heterocycles. The van der Waals surface area contributed by atoms with Gasteiger partial charge in [-0.15, -0.1) is 0 Å². The zero-order chi connectivity index (χ0) is 16.3. The monoisotopic (exact) mass is 321 g/mol. The number of hydrogen-bond acceptors (Lipinski definition) is 3. The summed E-state index contributed by atoms with van der Waals surface area (Å²) in [7, 11) is 0. The minimum Gasteiger partial charge on any atom is -0.317 e. The summed E-state index contributed by atoms with van der Waals surface area (Å²) in [5.41, 5.74) is 0.451. The standard InChI is InChI=1S/C20H39N3/c1-20(2,3)16-22-12-6-17(7-13-22)18-8-14-23(15-9-18)19-4-10-21-11-5-19/h17-19,21H,4-16H2,1-3H3. The Morgan fingerprint density at radius 3 is 1.83 bits per heavy atom. The molecule has 0 radical (unpaired) electrons. The van der Waals surface area contributed by atoms with E-state index in [0.29, 0.717) is 5.41 Å². The van der Waals surface area contributed by atoms with Gasteiger partial charge in [-0.2, -0.15) is 0 Å². The molecular formula is C20H39N3. The minimum atomic E-state index is 0.451. The van der Waals surface area contributed by atoms with Crippen LogP contribution in [0.25, 0.3) is 0 Å². The highest BCUT2D eigenvalue weighted by Crippen LogP contribution is 2.34. The molecule has 23 heavy (non-hydrogen) atoms. The van der Waals surface area contributed by atoms with Crippen LogP contribution >= 0.6 is 0 Å². The molecule has 1 N–H and O–H groups in total. The van der Waals surface area contributed by atoms with Crippen molar-refractivity contribution < 1.29 is 0 Å². The second-order valence-electron chi connectivity index (χ2n) is 9.53. The van der Waals surface area contributed by atoms with Gasteiger partial charge in [0, 0.05) is 12.6 Å². The summed E-state index contributed by atoms with van der Waals surface area (Å²) in [6.07, 6.45) is 8.58. The van der Waals surface area contributed by atoms with Crippen molar-refractivity contribution in [2.24, 2.45) is 17.3 Å². The maximum Gasteiger partial charge on any atom is 0.0119 e. The Balaban J connectivity index is 1.39. The van der Waals surface area contributed by atoms with E-state index in [0.717, 1.165) is 17.9 Å². The first-order valence-electron chi connectivity index (χ1n) is 10.2. The molecule has 3 fully saturated rings. The van der Waals surface area contributed by atoms with Crippen LogP contribution in [-0.2, 0) is 0 Å². The van der Waals surface area contributed by atoms with E-state index in [4.69, 9.17) is 0 Å². The van der Waals surface area contributed by atoms with Crippen LogP contribution < -0.4 is 5.32 Å². The van der Waals surface area contributed by atoms with Crippen LogP contribution in [0.3, 0.4) is 0 Å². The van der Waals surface area contributed by atoms with Crippen molar-refractivity contribution in [1.82, 2.24) is 15.1 Å². The van der Waals surface area contributed by atoms with Crippen LogP contribution in [0.1, 0.15) is 59.3 Å². The maximum absolute atomic E-state index is 3.50. The van der Waals surface area contributed by atoms with Crippen LogP contribution in [0.5, 0.6) is 0 Å². The highest BCUT2D eigenvalue weighted by atomic mass is 15.2. The van der Waals surface area contributed by atoms with Crippen molar-refractivity contribution in [1.29, 1.82) is 0 Å². The average Bonchev–Trinajstić information content (AvgIpc) is 2.55. The van der Waals surface area contributed by atoms with Crippen LogP contribution in [0.4, 0.5) is 0 Å². The Hall–Kier alpha value is -0.120. The van der Waals surface area contributed by atoms with E-state index in [1.54, 1.807) is 0 Å². The lowest BCUT2D eigenvalue weighted by atomic mass is 9.78. The highest BCUT2D eigenvalue weighted by molar-refractivity contribution is 4.86. The second kappa shape index (κ2) is 7.84. The fraction of sp³-hybridized carbons (Fsp3) is 1.00. The predicted molar refractivity (Wildman–Crippen MR) is 98.8 cm³/mol. The number of rotatable bonds is 3. The van der Waals surface area contributed by atoms with Gasteiger partial charge in [0.1, 0.15) is 0 Å². The summed E-state index contributed by atoms with van der Waals surface area (Å²) in [6, 6.07) is 0.880. The normalized spacial score (nSPS) is 28.3. The van der Waals surface area contributed by atoms with Crippen molar-refractivity contribution in [2.75, 3.05) is 45.8 Å². The number of nitrogens with one attached hydrogen (secondary N) is 1. The first-order chi connectivity index (χ1) is 11.0. The SMILES string of the molecule is CC(C)(C)CN1CCC(C2CCN(C3CCNCC3)CC2)CC1. The van der Waals surface area contributed by atoms with Crippen molar-refractivity contribution in [3.8, 4) is 0 Å². The van der Waals surface area contributed by atoms with Crippen LogP contribution in [0.2, 0.25) is 0 Å². The molecule has 0 aromatic rings. The van der Waals surface area contributed by atoms with Gasteiger partial charge < -0.3 is 15.1 Å². The molecule has 0 saturated carbocycles. The number of nitrogens with zero attached hydrogens (tertiary/aromatic N) is 2. The minimum absolute atomic E-state index is 0.451. The van der Waals surface area contributed by atoms with Gasteiger partial charge in [-0.05, 0) is 95.0 Å². The third kappa shape index (κ3) is 5.17. The summed E-state index contributed by atoms with van der Waals surface area (Å²) < 4.78 is 0. The van der Waals surface area contributed by atoms with Gasteiger partial charge in [0.25, 0.3) is 0 Å². The third-order valence-electron chi connectivity index (χ3n) is 6.40. The van der Waals surface area contributed by atoms with Gasteiger partial charge in [0.2, 0.25) is 0 Å². The highest BCUT2D eigenvalue weighted by Gasteiger charge is 2.32. The molecule has 0 atom stereocenters. The average molecular weight is 322 g/mol. The van der Waals surface area contributed by atoms with E-state index in [1.165, 1.54) is 84.3 Å². The Kier molecular flexibility index (Phi) is 6.03. The largest absolute Gasteiger partial charge is 0.317 e. The summed E-state index contributed by atoms with van der Waals surface area (Å²) >= 11 is 0.